The van der Waals surface area contributed by atoms with E-state index in [2.05, 4.69) is 10.1 Å². The van der Waals surface area contributed by atoms with Gasteiger partial charge in [-0.3, -0.25) is 5.41 Å². The van der Waals surface area contributed by atoms with Crippen LogP contribution in [0.4, 0.5) is 11.4 Å². The number of nitrogens with zero attached hydrogens (tertiary/aromatic N) is 3. The summed E-state index contributed by atoms with van der Waals surface area (Å²) in [6, 6.07) is 16.3. The first-order valence-electron chi connectivity index (χ1n) is 6.75. The molecule has 6 nitrogen and oxygen atoms in total. The van der Waals surface area contributed by atoms with Gasteiger partial charge in [0.25, 0.3) is 0 Å². The molecule has 0 bridgehead atoms. The normalized spacial score (nSPS) is 17.3. The lowest BCUT2D eigenvalue weighted by Gasteiger charge is -2.13. The van der Waals surface area contributed by atoms with Crippen LogP contribution in [0.1, 0.15) is 11.8 Å². The molecule has 0 radical (unpaired) electrons. The number of nitrogens with two attached hydrogens (primary N) is 1. The summed E-state index contributed by atoms with van der Waals surface area (Å²) in [5.41, 5.74) is 7.97. The number of aliphatic imine (C=N–C) groups is 1. The monoisotopic (exact) mass is 293 g/mol. The van der Waals surface area contributed by atoms with Crippen molar-refractivity contribution in [3.05, 3.63) is 60.2 Å². The molecule has 1 aliphatic heterocycles. The Morgan fingerprint density at radius 2 is 1.77 bits per heavy atom. The molecular formula is C16H15N5O. The first-order valence-corrected chi connectivity index (χ1v) is 6.75. The van der Waals surface area contributed by atoms with Crippen LogP contribution in [0, 0.1) is 5.41 Å². The number of hydrazone groups is 1. The SMILES string of the molecule is N=C1C(=Nc2ccc(C(N)O)cc2)C=NN1c1ccccc1. The molecule has 0 fully saturated rings. The maximum absolute atomic E-state index is 9.28. The number of anilines is 1. The average Bonchev–Trinajstić information content (AvgIpc) is 2.90. The molecule has 0 saturated carbocycles. The van der Waals surface area contributed by atoms with E-state index in [0.717, 1.165) is 5.69 Å². The summed E-state index contributed by atoms with van der Waals surface area (Å²) in [4.78, 5) is 4.39. The number of nitrogens with one attached hydrogen (secondary N) is 1. The summed E-state index contributed by atoms with van der Waals surface area (Å²) in [6.45, 7) is 0. The van der Waals surface area contributed by atoms with Crippen molar-refractivity contribution in [2.24, 2.45) is 15.8 Å². The molecule has 22 heavy (non-hydrogen) atoms. The molecule has 4 N–H and O–H groups in total. The maximum atomic E-state index is 9.28. The van der Waals surface area contributed by atoms with E-state index < -0.39 is 6.23 Å². The van der Waals surface area contributed by atoms with Gasteiger partial charge in [0, 0.05) is 0 Å². The van der Waals surface area contributed by atoms with Crippen molar-refractivity contribution in [3.63, 3.8) is 0 Å². The van der Waals surface area contributed by atoms with E-state index in [9.17, 15) is 5.11 Å². The summed E-state index contributed by atoms with van der Waals surface area (Å²) in [7, 11) is 0. The van der Waals surface area contributed by atoms with Crippen LogP contribution >= 0.6 is 0 Å². The molecule has 0 aliphatic carbocycles. The van der Waals surface area contributed by atoms with Crippen molar-refractivity contribution >= 4 is 29.1 Å². The first kappa shape index (κ1) is 14.1. The van der Waals surface area contributed by atoms with E-state index >= 15 is 0 Å². The van der Waals surface area contributed by atoms with Gasteiger partial charge < -0.3 is 10.8 Å². The Morgan fingerprint density at radius 1 is 1.09 bits per heavy atom. The maximum Gasteiger partial charge on any atom is 0.174 e. The predicted octanol–water partition coefficient (Wildman–Crippen LogP) is 2.19. The second kappa shape index (κ2) is 5.88. The van der Waals surface area contributed by atoms with E-state index in [0.29, 0.717) is 17.0 Å². The molecule has 3 rings (SSSR count). The van der Waals surface area contributed by atoms with Crippen molar-refractivity contribution in [2.45, 2.75) is 6.23 Å². The van der Waals surface area contributed by atoms with Crippen LogP contribution in [-0.4, -0.2) is 22.9 Å². The van der Waals surface area contributed by atoms with Crippen molar-refractivity contribution < 1.29 is 5.11 Å². The van der Waals surface area contributed by atoms with Gasteiger partial charge >= 0.3 is 0 Å². The van der Waals surface area contributed by atoms with E-state index in [1.54, 1.807) is 30.5 Å². The van der Waals surface area contributed by atoms with Crippen molar-refractivity contribution in [1.29, 1.82) is 5.41 Å². The predicted molar refractivity (Wildman–Crippen MR) is 87.8 cm³/mol. The molecule has 2 aromatic rings. The van der Waals surface area contributed by atoms with Crippen molar-refractivity contribution in [3.8, 4) is 0 Å². The van der Waals surface area contributed by atoms with Crippen LogP contribution in [0.3, 0.4) is 0 Å². The summed E-state index contributed by atoms with van der Waals surface area (Å²) in [5.74, 6) is 0.217. The number of hydrogen-bond donors (Lipinski definition) is 3. The van der Waals surface area contributed by atoms with Crippen LogP contribution in [0.15, 0.2) is 64.7 Å². The van der Waals surface area contributed by atoms with Crippen LogP contribution in [0.25, 0.3) is 0 Å². The van der Waals surface area contributed by atoms with Crippen LogP contribution in [0.2, 0.25) is 0 Å². The minimum atomic E-state index is -0.999. The van der Waals surface area contributed by atoms with Crippen LogP contribution in [-0.2, 0) is 0 Å². The Morgan fingerprint density at radius 3 is 2.41 bits per heavy atom. The molecule has 2 aromatic carbocycles. The molecule has 0 saturated heterocycles. The number of benzene rings is 2. The molecule has 6 heteroatoms. The highest BCUT2D eigenvalue weighted by atomic mass is 16.3. The quantitative estimate of drug-likeness (QED) is 0.756. The summed E-state index contributed by atoms with van der Waals surface area (Å²) >= 11 is 0. The minimum Gasteiger partial charge on any atom is -0.375 e. The Kier molecular flexibility index (Phi) is 3.78. The number of aliphatic hydroxyl groups is 1. The fourth-order valence-corrected chi connectivity index (χ4v) is 2.07. The minimum absolute atomic E-state index is 0.217. The third kappa shape index (κ3) is 2.78. The van der Waals surface area contributed by atoms with Gasteiger partial charge in [-0.1, -0.05) is 30.3 Å². The van der Waals surface area contributed by atoms with Gasteiger partial charge in [0.05, 0.1) is 17.6 Å². The third-order valence-electron chi connectivity index (χ3n) is 3.23. The third-order valence-corrected chi connectivity index (χ3v) is 3.23. The number of aliphatic hydroxyl groups excluding tert-OH is 1. The van der Waals surface area contributed by atoms with Crippen molar-refractivity contribution in [2.75, 3.05) is 5.01 Å². The van der Waals surface area contributed by atoms with Crippen LogP contribution < -0.4 is 10.7 Å². The second-order valence-corrected chi connectivity index (χ2v) is 4.77. The summed E-state index contributed by atoms with van der Waals surface area (Å²) in [5, 5.41) is 23.2. The zero-order chi connectivity index (χ0) is 15.5. The summed E-state index contributed by atoms with van der Waals surface area (Å²) < 4.78 is 0. The molecule has 0 aromatic heterocycles. The van der Waals surface area contributed by atoms with Gasteiger partial charge in [-0.2, -0.15) is 5.10 Å². The van der Waals surface area contributed by atoms with Gasteiger partial charge in [-0.15, -0.1) is 0 Å². The molecular weight excluding hydrogens is 278 g/mol. The van der Waals surface area contributed by atoms with E-state index in [4.69, 9.17) is 11.1 Å². The Hall–Kier alpha value is -2.83. The number of rotatable bonds is 3. The van der Waals surface area contributed by atoms with Gasteiger partial charge in [-0.25, -0.2) is 10.0 Å². The van der Waals surface area contributed by atoms with E-state index in [1.165, 1.54) is 5.01 Å². The molecule has 0 spiro atoms. The molecule has 1 aliphatic rings. The fraction of sp³-hybridized carbons (Fsp3) is 0.0625. The zero-order valence-corrected chi connectivity index (χ0v) is 11.7. The molecule has 1 heterocycles. The number of hydrogen-bond acceptors (Lipinski definition) is 5. The molecule has 1 atom stereocenters. The lowest BCUT2D eigenvalue weighted by atomic mass is 10.2. The van der Waals surface area contributed by atoms with Gasteiger partial charge in [-0.05, 0) is 29.8 Å². The Labute approximate surface area is 127 Å². The molecule has 0 amide bonds. The standard InChI is InChI=1S/C16H15N5O/c17-15-14(10-19-21(15)13-4-2-1-3-5-13)20-12-8-6-11(7-9-12)16(18)22/h1-10,16-17,22H,18H2. The fourth-order valence-electron chi connectivity index (χ4n) is 2.07. The molecule has 110 valence electrons. The zero-order valence-electron chi connectivity index (χ0n) is 11.7. The number of para-hydroxylation sites is 1. The summed E-state index contributed by atoms with van der Waals surface area (Å²) in [6.07, 6.45) is 0.558. The highest BCUT2D eigenvalue weighted by Gasteiger charge is 2.21. The van der Waals surface area contributed by atoms with Crippen LogP contribution in [0.5, 0.6) is 0 Å². The second-order valence-electron chi connectivity index (χ2n) is 4.77. The van der Waals surface area contributed by atoms with Gasteiger partial charge in [0.2, 0.25) is 0 Å². The van der Waals surface area contributed by atoms with Gasteiger partial charge in [0.15, 0.2) is 5.84 Å². The van der Waals surface area contributed by atoms with E-state index in [-0.39, 0.29) is 5.84 Å². The van der Waals surface area contributed by atoms with Gasteiger partial charge in [0.1, 0.15) is 11.9 Å². The lowest BCUT2D eigenvalue weighted by Crippen LogP contribution is -2.25. The largest absolute Gasteiger partial charge is 0.375 e. The molecule has 1 unspecified atom stereocenters. The Balaban J connectivity index is 1.82. The first-order chi connectivity index (χ1) is 10.6. The average molecular weight is 293 g/mol. The highest BCUT2D eigenvalue weighted by molar-refractivity contribution is 6.67. The lowest BCUT2D eigenvalue weighted by molar-refractivity contribution is 0.186. The smallest absolute Gasteiger partial charge is 0.174 e. The van der Waals surface area contributed by atoms with Crippen molar-refractivity contribution in [1.82, 2.24) is 0 Å². The Bertz CT molecular complexity index is 735. The number of amidine groups is 1. The topological polar surface area (TPSA) is 98.1 Å². The van der Waals surface area contributed by atoms with E-state index in [1.807, 2.05) is 30.3 Å². The highest BCUT2D eigenvalue weighted by Crippen LogP contribution is 2.20.